The molecular weight excluding hydrogens is 264 g/mol. The molecule has 0 saturated heterocycles. The third-order valence-electron chi connectivity index (χ3n) is 2.43. The van der Waals surface area contributed by atoms with E-state index in [1.54, 1.807) is 0 Å². The molecular formula is C12H10N4O4. The van der Waals surface area contributed by atoms with E-state index in [2.05, 4.69) is 4.98 Å². The Balaban J connectivity index is 2.19. The van der Waals surface area contributed by atoms with Crippen molar-refractivity contribution in [2.24, 2.45) is 5.73 Å². The number of hydrogen-bond donors (Lipinski definition) is 2. The lowest BCUT2D eigenvalue weighted by Crippen LogP contribution is -2.10. The molecule has 102 valence electrons. The van der Waals surface area contributed by atoms with Crippen LogP contribution >= 0.6 is 0 Å². The van der Waals surface area contributed by atoms with E-state index in [1.165, 1.54) is 36.4 Å². The first kappa shape index (κ1) is 13.3. The van der Waals surface area contributed by atoms with Crippen molar-refractivity contribution in [1.82, 2.24) is 4.98 Å². The fourth-order valence-corrected chi connectivity index (χ4v) is 1.47. The van der Waals surface area contributed by atoms with Crippen LogP contribution in [0.4, 0.5) is 11.5 Å². The number of nitrogens with two attached hydrogens (primary N) is 2. The molecule has 0 spiro atoms. The van der Waals surface area contributed by atoms with Gasteiger partial charge in [-0.1, -0.05) is 0 Å². The van der Waals surface area contributed by atoms with E-state index in [4.69, 9.17) is 16.2 Å². The Kier molecular flexibility index (Phi) is 3.47. The Morgan fingerprint density at radius 3 is 2.35 bits per heavy atom. The van der Waals surface area contributed by atoms with Crippen molar-refractivity contribution in [3.63, 3.8) is 0 Å². The number of amides is 1. The van der Waals surface area contributed by atoms with E-state index in [1.807, 2.05) is 0 Å². The van der Waals surface area contributed by atoms with E-state index in [-0.39, 0.29) is 17.4 Å². The zero-order valence-electron chi connectivity index (χ0n) is 10.1. The summed E-state index contributed by atoms with van der Waals surface area (Å²) in [6.45, 7) is 0. The second-order valence-corrected chi connectivity index (χ2v) is 3.80. The predicted molar refractivity (Wildman–Crippen MR) is 70.3 cm³/mol. The molecule has 1 amide bonds. The largest absolute Gasteiger partial charge is 0.439 e. The summed E-state index contributed by atoms with van der Waals surface area (Å²) in [7, 11) is 0. The molecule has 20 heavy (non-hydrogen) atoms. The van der Waals surface area contributed by atoms with E-state index < -0.39 is 10.8 Å². The molecule has 0 unspecified atom stereocenters. The van der Waals surface area contributed by atoms with Crippen LogP contribution in [-0.2, 0) is 0 Å². The van der Waals surface area contributed by atoms with Crippen LogP contribution in [0.3, 0.4) is 0 Å². The van der Waals surface area contributed by atoms with E-state index in [9.17, 15) is 14.9 Å². The summed E-state index contributed by atoms with van der Waals surface area (Å²) in [6, 6.07) is 8.57. The lowest BCUT2D eigenvalue weighted by Gasteiger charge is -2.05. The fraction of sp³-hybridized carbons (Fsp3) is 0. The number of carbonyl (C=O) groups excluding carboxylic acids is 1. The van der Waals surface area contributed by atoms with Gasteiger partial charge in [-0.2, -0.15) is 4.98 Å². The van der Waals surface area contributed by atoms with Crippen LogP contribution < -0.4 is 16.2 Å². The maximum absolute atomic E-state index is 10.9. The Morgan fingerprint density at radius 1 is 1.20 bits per heavy atom. The predicted octanol–water partition coefficient (Wildman–Crippen LogP) is 1.46. The van der Waals surface area contributed by atoms with Gasteiger partial charge in [0.25, 0.3) is 0 Å². The monoisotopic (exact) mass is 274 g/mol. The molecule has 4 N–H and O–H groups in total. The maximum atomic E-state index is 10.9. The highest BCUT2D eigenvalue weighted by molar-refractivity contribution is 5.92. The summed E-state index contributed by atoms with van der Waals surface area (Å²) in [4.78, 5) is 24.6. The van der Waals surface area contributed by atoms with Crippen LogP contribution in [0.25, 0.3) is 0 Å². The number of rotatable bonds is 4. The van der Waals surface area contributed by atoms with Crippen LogP contribution in [0.5, 0.6) is 11.6 Å². The molecule has 0 aliphatic heterocycles. The Bertz CT molecular complexity index is 670. The minimum Gasteiger partial charge on any atom is -0.439 e. The van der Waals surface area contributed by atoms with Crippen molar-refractivity contribution in [1.29, 1.82) is 0 Å². The zero-order chi connectivity index (χ0) is 14.7. The molecule has 1 heterocycles. The number of primary amides is 1. The summed E-state index contributed by atoms with van der Waals surface area (Å²) < 4.78 is 5.36. The molecule has 0 radical (unpaired) electrons. The number of hydrogen-bond acceptors (Lipinski definition) is 6. The van der Waals surface area contributed by atoms with Crippen molar-refractivity contribution in [3.05, 3.63) is 52.1 Å². The Labute approximate surface area is 113 Å². The van der Waals surface area contributed by atoms with Gasteiger partial charge in [-0.05, 0) is 24.3 Å². The highest BCUT2D eigenvalue weighted by atomic mass is 16.6. The number of anilines is 1. The zero-order valence-corrected chi connectivity index (χ0v) is 10.1. The van der Waals surface area contributed by atoms with Crippen LogP contribution in [-0.4, -0.2) is 15.8 Å². The first-order valence-electron chi connectivity index (χ1n) is 5.46. The number of nitro groups is 1. The van der Waals surface area contributed by atoms with Gasteiger partial charge in [-0.15, -0.1) is 0 Å². The summed E-state index contributed by atoms with van der Waals surface area (Å²) in [6.07, 6.45) is 0. The highest BCUT2D eigenvalue weighted by Crippen LogP contribution is 2.25. The molecule has 2 rings (SSSR count). The number of nitrogen functional groups attached to an aromatic ring is 1. The minimum atomic E-state index is -0.631. The van der Waals surface area contributed by atoms with E-state index in [0.29, 0.717) is 11.3 Å². The molecule has 2 aromatic rings. The third kappa shape index (κ3) is 2.80. The topological polar surface area (TPSA) is 134 Å². The summed E-state index contributed by atoms with van der Waals surface area (Å²) in [5.74, 6) is -0.272. The maximum Gasteiger partial charge on any atom is 0.311 e. The fourth-order valence-electron chi connectivity index (χ4n) is 1.47. The third-order valence-corrected chi connectivity index (χ3v) is 2.43. The van der Waals surface area contributed by atoms with Gasteiger partial charge in [0, 0.05) is 17.7 Å². The average molecular weight is 274 g/mol. The Hall–Kier alpha value is -3.16. The number of nitrogens with zero attached hydrogens (tertiary/aromatic N) is 2. The molecule has 8 nitrogen and oxygen atoms in total. The van der Waals surface area contributed by atoms with E-state index >= 15 is 0 Å². The van der Waals surface area contributed by atoms with Gasteiger partial charge < -0.3 is 16.2 Å². The number of ether oxygens (including phenoxy) is 1. The van der Waals surface area contributed by atoms with Crippen molar-refractivity contribution in [3.8, 4) is 11.6 Å². The van der Waals surface area contributed by atoms with Crippen LogP contribution in [0.2, 0.25) is 0 Å². The van der Waals surface area contributed by atoms with Gasteiger partial charge in [0.15, 0.2) is 0 Å². The van der Waals surface area contributed by atoms with Crippen LogP contribution in [0, 0.1) is 10.1 Å². The van der Waals surface area contributed by atoms with Crippen molar-refractivity contribution in [2.75, 3.05) is 5.73 Å². The average Bonchev–Trinajstić information content (AvgIpc) is 2.39. The number of benzene rings is 1. The van der Waals surface area contributed by atoms with Gasteiger partial charge in [0.1, 0.15) is 5.75 Å². The smallest absolute Gasteiger partial charge is 0.311 e. The second kappa shape index (κ2) is 5.22. The molecule has 1 aromatic heterocycles. The Morgan fingerprint density at radius 2 is 1.85 bits per heavy atom. The SMILES string of the molecule is NC(=O)c1ccc(Oc2ccc([N+](=O)[O-])c(N)n2)cc1. The lowest BCUT2D eigenvalue weighted by atomic mass is 10.2. The van der Waals surface area contributed by atoms with Crippen molar-refractivity contribution >= 4 is 17.4 Å². The molecule has 0 bridgehead atoms. The number of aromatic nitrogens is 1. The number of carbonyl (C=O) groups is 1. The van der Waals surface area contributed by atoms with E-state index in [0.717, 1.165) is 0 Å². The molecule has 0 fully saturated rings. The molecule has 0 saturated carbocycles. The first-order valence-corrected chi connectivity index (χ1v) is 5.46. The van der Waals surface area contributed by atoms with Crippen molar-refractivity contribution in [2.45, 2.75) is 0 Å². The summed E-state index contributed by atoms with van der Waals surface area (Å²) in [5.41, 5.74) is 10.6. The van der Waals surface area contributed by atoms with Crippen LogP contribution in [0.1, 0.15) is 10.4 Å². The second-order valence-electron chi connectivity index (χ2n) is 3.80. The van der Waals surface area contributed by atoms with Gasteiger partial charge in [-0.3, -0.25) is 14.9 Å². The number of pyridine rings is 1. The first-order chi connectivity index (χ1) is 9.47. The van der Waals surface area contributed by atoms with Crippen LogP contribution in [0.15, 0.2) is 36.4 Å². The van der Waals surface area contributed by atoms with Crippen molar-refractivity contribution < 1.29 is 14.5 Å². The molecule has 0 aliphatic carbocycles. The molecule has 1 aromatic carbocycles. The quantitative estimate of drug-likeness (QED) is 0.640. The van der Waals surface area contributed by atoms with Gasteiger partial charge in [0.2, 0.25) is 17.6 Å². The molecule has 0 atom stereocenters. The summed E-state index contributed by atoms with van der Waals surface area (Å²) >= 11 is 0. The highest BCUT2D eigenvalue weighted by Gasteiger charge is 2.13. The lowest BCUT2D eigenvalue weighted by molar-refractivity contribution is -0.384. The van der Waals surface area contributed by atoms with Gasteiger partial charge in [-0.25, -0.2) is 0 Å². The molecule has 8 heteroatoms. The standard InChI is InChI=1S/C12H10N4O4/c13-11-9(16(18)19)5-6-10(15-11)20-8-3-1-7(2-4-8)12(14)17/h1-6H,(H2,13,15)(H2,14,17). The summed E-state index contributed by atoms with van der Waals surface area (Å²) in [5, 5.41) is 10.6. The minimum absolute atomic E-state index is 0.111. The molecule has 0 aliphatic rings. The van der Waals surface area contributed by atoms with Gasteiger partial charge in [0.05, 0.1) is 4.92 Å². The normalized spacial score (nSPS) is 10.0. The van der Waals surface area contributed by atoms with Gasteiger partial charge >= 0.3 is 5.69 Å².